The molecule has 1 N–H and O–H groups in total. The van der Waals surface area contributed by atoms with E-state index in [2.05, 4.69) is 35.2 Å². The molecule has 1 heterocycles. The van der Waals surface area contributed by atoms with E-state index in [1.54, 1.807) is 0 Å². The van der Waals surface area contributed by atoms with Gasteiger partial charge < -0.3 is 5.11 Å². The Morgan fingerprint density at radius 3 is 2.25 bits per heavy atom. The predicted octanol–water partition coefficient (Wildman–Crippen LogP) is 3.39. The Kier molecular flexibility index (Phi) is 4.42. The van der Waals surface area contributed by atoms with Crippen molar-refractivity contribution in [3.05, 3.63) is 35.9 Å². The SMILES string of the molecule is OC1([C@H](Cc2ccccc2)N2CCCCC2)CCCC1. The first-order valence-corrected chi connectivity index (χ1v) is 8.28. The minimum absolute atomic E-state index is 0.313. The van der Waals surface area contributed by atoms with Crippen LogP contribution in [0.4, 0.5) is 0 Å². The van der Waals surface area contributed by atoms with Gasteiger partial charge in [0.25, 0.3) is 0 Å². The standard InChI is InChI=1S/C18H27NO/c20-18(11-5-6-12-18)17(19-13-7-2-8-14-19)15-16-9-3-1-4-10-16/h1,3-4,9-10,17,20H,2,5-8,11-15H2/t17-/m0/s1. The number of aliphatic hydroxyl groups is 1. The van der Waals surface area contributed by atoms with Crippen LogP contribution in [0.15, 0.2) is 30.3 Å². The van der Waals surface area contributed by atoms with Gasteiger partial charge in [-0.2, -0.15) is 0 Å². The lowest BCUT2D eigenvalue weighted by Crippen LogP contribution is -2.54. The summed E-state index contributed by atoms with van der Waals surface area (Å²) in [6.45, 7) is 2.33. The summed E-state index contributed by atoms with van der Waals surface area (Å²) >= 11 is 0. The summed E-state index contributed by atoms with van der Waals surface area (Å²) < 4.78 is 0. The predicted molar refractivity (Wildman–Crippen MR) is 82.8 cm³/mol. The van der Waals surface area contributed by atoms with Crippen LogP contribution in [0.1, 0.15) is 50.5 Å². The number of likely N-dealkylation sites (tertiary alicyclic amines) is 1. The number of piperidine rings is 1. The van der Waals surface area contributed by atoms with Crippen LogP contribution in [0, 0.1) is 0 Å². The maximum atomic E-state index is 11.1. The monoisotopic (exact) mass is 273 g/mol. The molecule has 1 aliphatic carbocycles. The topological polar surface area (TPSA) is 23.5 Å². The molecule has 1 atom stereocenters. The van der Waals surface area contributed by atoms with Crippen LogP contribution in [-0.2, 0) is 6.42 Å². The fourth-order valence-electron chi connectivity index (χ4n) is 4.05. The largest absolute Gasteiger partial charge is 0.388 e. The van der Waals surface area contributed by atoms with Crippen LogP contribution in [0.3, 0.4) is 0 Å². The van der Waals surface area contributed by atoms with Crippen molar-refractivity contribution in [1.29, 1.82) is 0 Å². The van der Waals surface area contributed by atoms with E-state index in [4.69, 9.17) is 0 Å². The molecular formula is C18H27NO. The second-order valence-electron chi connectivity index (χ2n) is 6.61. The highest BCUT2D eigenvalue weighted by Crippen LogP contribution is 2.37. The van der Waals surface area contributed by atoms with Crippen LogP contribution >= 0.6 is 0 Å². The fourth-order valence-corrected chi connectivity index (χ4v) is 4.05. The summed E-state index contributed by atoms with van der Waals surface area (Å²) in [5.41, 5.74) is 0.913. The summed E-state index contributed by atoms with van der Waals surface area (Å²) in [5, 5.41) is 11.1. The first kappa shape index (κ1) is 14.1. The van der Waals surface area contributed by atoms with Crippen molar-refractivity contribution < 1.29 is 5.11 Å². The Labute approximate surface area is 122 Å². The Bertz CT molecular complexity index is 405. The molecule has 1 saturated carbocycles. The maximum Gasteiger partial charge on any atom is 0.0805 e. The molecule has 2 aliphatic rings. The number of rotatable bonds is 4. The molecule has 0 bridgehead atoms. The lowest BCUT2D eigenvalue weighted by Gasteiger charge is -2.43. The smallest absolute Gasteiger partial charge is 0.0805 e. The third kappa shape index (κ3) is 3.07. The van der Waals surface area contributed by atoms with E-state index in [0.717, 1.165) is 19.3 Å². The second-order valence-corrected chi connectivity index (χ2v) is 6.61. The van der Waals surface area contributed by atoms with Crippen molar-refractivity contribution >= 4 is 0 Å². The molecule has 110 valence electrons. The van der Waals surface area contributed by atoms with E-state index in [1.807, 2.05) is 0 Å². The second kappa shape index (κ2) is 6.28. The molecule has 2 fully saturated rings. The molecule has 0 radical (unpaired) electrons. The van der Waals surface area contributed by atoms with Gasteiger partial charge in [-0.05, 0) is 50.8 Å². The quantitative estimate of drug-likeness (QED) is 0.909. The molecule has 2 nitrogen and oxygen atoms in total. The number of hydrogen-bond acceptors (Lipinski definition) is 2. The Morgan fingerprint density at radius 1 is 0.950 bits per heavy atom. The van der Waals surface area contributed by atoms with Gasteiger partial charge in [-0.15, -0.1) is 0 Å². The Morgan fingerprint density at radius 2 is 1.60 bits per heavy atom. The van der Waals surface area contributed by atoms with E-state index in [9.17, 15) is 5.11 Å². The highest BCUT2D eigenvalue weighted by atomic mass is 16.3. The van der Waals surface area contributed by atoms with E-state index >= 15 is 0 Å². The average molecular weight is 273 g/mol. The van der Waals surface area contributed by atoms with E-state index < -0.39 is 5.60 Å². The third-order valence-corrected chi connectivity index (χ3v) is 5.19. The highest BCUT2D eigenvalue weighted by molar-refractivity contribution is 5.17. The van der Waals surface area contributed by atoms with E-state index in [0.29, 0.717) is 6.04 Å². The van der Waals surface area contributed by atoms with Crippen LogP contribution in [0.25, 0.3) is 0 Å². The Balaban J connectivity index is 1.79. The van der Waals surface area contributed by atoms with Gasteiger partial charge in [-0.25, -0.2) is 0 Å². The summed E-state index contributed by atoms with van der Waals surface area (Å²) in [6, 6.07) is 11.0. The normalized spacial score (nSPS) is 24.6. The molecule has 0 unspecified atom stereocenters. The molecule has 1 aromatic rings. The van der Waals surface area contributed by atoms with Gasteiger partial charge in [0.2, 0.25) is 0 Å². The van der Waals surface area contributed by atoms with Gasteiger partial charge in [-0.3, -0.25) is 4.90 Å². The van der Waals surface area contributed by atoms with Gasteiger partial charge in [0.1, 0.15) is 0 Å². The van der Waals surface area contributed by atoms with E-state index in [1.165, 1.54) is 50.8 Å². The fraction of sp³-hybridized carbons (Fsp3) is 0.667. The van der Waals surface area contributed by atoms with Crippen molar-refractivity contribution in [2.24, 2.45) is 0 Å². The molecule has 20 heavy (non-hydrogen) atoms. The summed E-state index contributed by atoms with van der Waals surface area (Å²) in [5.74, 6) is 0. The van der Waals surface area contributed by atoms with Crippen molar-refractivity contribution in [2.75, 3.05) is 13.1 Å². The lowest BCUT2D eigenvalue weighted by molar-refractivity contribution is -0.0483. The molecule has 3 rings (SSSR count). The molecular weight excluding hydrogens is 246 g/mol. The molecule has 1 aromatic carbocycles. The lowest BCUT2D eigenvalue weighted by atomic mass is 9.85. The van der Waals surface area contributed by atoms with Crippen molar-refractivity contribution in [3.8, 4) is 0 Å². The highest BCUT2D eigenvalue weighted by Gasteiger charge is 2.42. The molecule has 0 spiro atoms. The van der Waals surface area contributed by atoms with Crippen molar-refractivity contribution in [2.45, 2.75) is 63.0 Å². The minimum Gasteiger partial charge on any atom is -0.388 e. The van der Waals surface area contributed by atoms with Gasteiger partial charge in [0.05, 0.1) is 5.60 Å². The third-order valence-electron chi connectivity index (χ3n) is 5.19. The molecule has 1 saturated heterocycles. The number of hydrogen-bond donors (Lipinski definition) is 1. The van der Waals surface area contributed by atoms with Gasteiger partial charge in [0, 0.05) is 6.04 Å². The first-order valence-electron chi connectivity index (χ1n) is 8.28. The molecule has 2 heteroatoms. The molecule has 1 aliphatic heterocycles. The van der Waals surface area contributed by atoms with Crippen LogP contribution in [0.2, 0.25) is 0 Å². The zero-order valence-electron chi connectivity index (χ0n) is 12.4. The zero-order chi connectivity index (χ0) is 13.8. The van der Waals surface area contributed by atoms with Gasteiger partial charge in [0.15, 0.2) is 0 Å². The van der Waals surface area contributed by atoms with Crippen molar-refractivity contribution in [3.63, 3.8) is 0 Å². The van der Waals surface area contributed by atoms with Gasteiger partial charge in [-0.1, -0.05) is 49.6 Å². The average Bonchev–Trinajstić information content (AvgIpc) is 2.94. The molecule has 0 aromatic heterocycles. The van der Waals surface area contributed by atoms with E-state index in [-0.39, 0.29) is 0 Å². The van der Waals surface area contributed by atoms with Crippen LogP contribution in [-0.4, -0.2) is 34.7 Å². The maximum absolute atomic E-state index is 11.1. The summed E-state index contributed by atoms with van der Waals surface area (Å²) in [6.07, 6.45) is 9.29. The molecule has 0 amide bonds. The summed E-state index contributed by atoms with van der Waals surface area (Å²) in [7, 11) is 0. The van der Waals surface area contributed by atoms with Crippen LogP contribution in [0.5, 0.6) is 0 Å². The number of benzene rings is 1. The number of nitrogens with zero attached hydrogens (tertiary/aromatic N) is 1. The minimum atomic E-state index is -0.451. The first-order chi connectivity index (χ1) is 9.78. The summed E-state index contributed by atoms with van der Waals surface area (Å²) in [4.78, 5) is 2.57. The van der Waals surface area contributed by atoms with Crippen molar-refractivity contribution in [1.82, 2.24) is 4.90 Å². The van der Waals surface area contributed by atoms with Gasteiger partial charge >= 0.3 is 0 Å². The Hall–Kier alpha value is -0.860. The van der Waals surface area contributed by atoms with Crippen LogP contribution < -0.4 is 0 Å². The zero-order valence-corrected chi connectivity index (χ0v) is 12.4.